The standard InChI is InChI=1S/C23H19FN4O/c1-28-22(29)20(17-7-9-19(24)10-8-17)21(18-11-13-25-14-12-18)27-23(28)26-15-16-5-3-2-4-6-16/h2-14H,15H2,1H3,(H,26,27). The summed E-state index contributed by atoms with van der Waals surface area (Å²) < 4.78 is 14.9. The SMILES string of the molecule is Cn1c(NCc2ccccc2)nc(-c2ccncc2)c(-c2ccc(F)cc2)c1=O. The van der Waals surface area contributed by atoms with E-state index in [1.807, 2.05) is 30.3 Å². The molecule has 0 bridgehead atoms. The first kappa shape index (κ1) is 18.6. The minimum absolute atomic E-state index is 0.214. The number of halogens is 1. The Balaban J connectivity index is 1.84. The van der Waals surface area contributed by atoms with Gasteiger partial charge in [0.1, 0.15) is 5.82 Å². The first-order valence-corrected chi connectivity index (χ1v) is 9.18. The Bertz CT molecular complexity index is 1170. The van der Waals surface area contributed by atoms with Gasteiger partial charge >= 0.3 is 0 Å². The highest BCUT2D eigenvalue weighted by atomic mass is 19.1. The van der Waals surface area contributed by atoms with Gasteiger partial charge in [0.2, 0.25) is 5.95 Å². The van der Waals surface area contributed by atoms with Crippen molar-refractivity contribution in [3.8, 4) is 22.4 Å². The van der Waals surface area contributed by atoms with E-state index in [1.54, 1.807) is 43.7 Å². The average molecular weight is 386 g/mol. The van der Waals surface area contributed by atoms with Gasteiger partial charge in [0.25, 0.3) is 5.56 Å². The van der Waals surface area contributed by atoms with Crippen LogP contribution in [0.5, 0.6) is 0 Å². The lowest BCUT2D eigenvalue weighted by Gasteiger charge is -2.16. The predicted octanol–water partition coefficient (Wildman–Crippen LogP) is 4.26. The van der Waals surface area contributed by atoms with E-state index in [1.165, 1.54) is 16.7 Å². The Labute approximate surface area is 167 Å². The van der Waals surface area contributed by atoms with Gasteiger partial charge in [0, 0.05) is 31.5 Å². The summed E-state index contributed by atoms with van der Waals surface area (Å²) in [6.45, 7) is 0.535. The largest absolute Gasteiger partial charge is 0.351 e. The van der Waals surface area contributed by atoms with Gasteiger partial charge in [-0.2, -0.15) is 0 Å². The van der Waals surface area contributed by atoms with Gasteiger partial charge in [-0.1, -0.05) is 42.5 Å². The van der Waals surface area contributed by atoms with Gasteiger partial charge in [-0.05, 0) is 35.4 Å². The summed E-state index contributed by atoms with van der Waals surface area (Å²) in [5, 5.41) is 3.24. The molecular formula is C23H19FN4O. The summed E-state index contributed by atoms with van der Waals surface area (Å²) in [6, 6.07) is 19.4. The van der Waals surface area contributed by atoms with E-state index in [-0.39, 0.29) is 11.4 Å². The average Bonchev–Trinajstić information content (AvgIpc) is 2.77. The van der Waals surface area contributed by atoms with E-state index in [2.05, 4.69) is 10.3 Å². The number of aromatic nitrogens is 3. The summed E-state index contributed by atoms with van der Waals surface area (Å²) in [6.07, 6.45) is 3.31. The van der Waals surface area contributed by atoms with Crippen molar-refractivity contribution in [2.45, 2.75) is 6.54 Å². The van der Waals surface area contributed by atoms with Crippen molar-refractivity contribution < 1.29 is 4.39 Å². The van der Waals surface area contributed by atoms with Gasteiger partial charge in [0.05, 0.1) is 11.3 Å². The molecule has 144 valence electrons. The van der Waals surface area contributed by atoms with Gasteiger partial charge < -0.3 is 5.32 Å². The van der Waals surface area contributed by atoms with Crippen LogP contribution in [-0.4, -0.2) is 14.5 Å². The summed E-state index contributed by atoms with van der Waals surface area (Å²) in [5.41, 5.74) is 3.19. The lowest BCUT2D eigenvalue weighted by Crippen LogP contribution is -2.24. The molecule has 0 saturated carbocycles. The quantitative estimate of drug-likeness (QED) is 0.557. The zero-order chi connectivity index (χ0) is 20.2. The number of benzene rings is 2. The highest BCUT2D eigenvalue weighted by Crippen LogP contribution is 2.28. The van der Waals surface area contributed by atoms with Crippen LogP contribution in [-0.2, 0) is 13.6 Å². The van der Waals surface area contributed by atoms with Crippen LogP contribution < -0.4 is 10.9 Å². The molecule has 5 nitrogen and oxygen atoms in total. The molecule has 0 aliphatic carbocycles. The van der Waals surface area contributed by atoms with E-state index < -0.39 is 0 Å². The van der Waals surface area contributed by atoms with E-state index >= 15 is 0 Å². The number of nitrogens with one attached hydrogen (secondary N) is 1. The zero-order valence-electron chi connectivity index (χ0n) is 15.8. The number of pyridine rings is 1. The smallest absolute Gasteiger partial charge is 0.263 e. The predicted molar refractivity (Wildman–Crippen MR) is 112 cm³/mol. The summed E-state index contributed by atoms with van der Waals surface area (Å²) in [5.74, 6) is 0.0988. The van der Waals surface area contributed by atoms with Crippen LogP contribution in [0.4, 0.5) is 10.3 Å². The first-order chi connectivity index (χ1) is 14.1. The molecule has 0 atom stereocenters. The number of hydrogen-bond donors (Lipinski definition) is 1. The van der Waals surface area contributed by atoms with Crippen molar-refractivity contribution >= 4 is 5.95 Å². The Hall–Kier alpha value is -3.80. The maximum atomic E-state index is 13.4. The van der Waals surface area contributed by atoms with E-state index in [4.69, 9.17) is 4.98 Å². The van der Waals surface area contributed by atoms with Crippen LogP contribution in [0, 0.1) is 5.82 Å². The lowest BCUT2D eigenvalue weighted by atomic mass is 10.0. The minimum Gasteiger partial charge on any atom is -0.351 e. The fraction of sp³-hybridized carbons (Fsp3) is 0.0870. The lowest BCUT2D eigenvalue weighted by molar-refractivity contribution is 0.628. The highest BCUT2D eigenvalue weighted by Gasteiger charge is 2.18. The Morgan fingerprint density at radius 3 is 2.31 bits per heavy atom. The molecule has 0 radical (unpaired) electrons. The normalized spacial score (nSPS) is 10.7. The molecule has 0 amide bonds. The van der Waals surface area contributed by atoms with Gasteiger partial charge in [-0.25, -0.2) is 9.37 Å². The number of anilines is 1. The molecule has 0 aliphatic heterocycles. The molecule has 0 fully saturated rings. The van der Waals surface area contributed by atoms with E-state index in [0.717, 1.165) is 11.1 Å². The van der Waals surface area contributed by atoms with E-state index in [9.17, 15) is 9.18 Å². The minimum atomic E-state index is -0.356. The molecule has 0 unspecified atom stereocenters. The molecule has 0 aliphatic rings. The molecule has 2 aromatic carbocycles. The molecule has 0 spiro atoms. The van der Waals surface area contributed by atoms with Crippen LogP contribution in [0.25, 0.3) is 22.4 Å². The molecule has 29 heavy (non-hydrogen) atoms. The fourth-order valence-corrected chi connectivity index (χ4v) is 3.13. The Kier molecular flexibility index (Phi) is 5.16. The van der Waals surface area contributed by atoms with Crippen molar-refractivity contribution in [2.24, 2.45) is 7.05 Å². The topological polar surface area (TPSA) is 59.8 Å². The second-order valence-corrected chi connectivity index (χ2v) is 6.61. The molecule has 4 aromatic rings. The van der Waals surface area contributed by atoms with Gasteiger partial charge in [-0.3, -0.25) is 14.3 Å². The molecule has 4 rings (SSSR count). The first-order valence-electron chi connectivity index (χ1n) is 9.18. The molecule has 2 heterocycles. The van der Waals surface area contributed by atoms with Crippen molar-refractivity contribution in [3.05, 3.63) is 101 Å². The maximum absolute atomic E-state index is 13.4. The van der Waals surface area contributed by atoms with Gasteiger partial charge in [-0.15, -0.1) is 0 Å². The second kappa shape index (κ2) is 8.06. The Morgan fingerprint density at radius 2 is 1.62 bits per heavy atom. The highest BCUT2D eigenvalue weighted by molar-refractivity contribution is 5.80. The summed E-state index contributed by atoms with van der Waals surface area (Å²) in [4.78, 5) is 22.0. The number of rotatable bonds is 5. The number of hydrogen-bond acceptors (Lipinski definition) is 4. The third-order valence-corrected chi connectivity index (χ3v) is 4.67. The fourth-order valence-electron chi connectivity index (χ4n) is 3.13. The maximum Gasteiger partial charge on any atom is 0.263 e. The molecule has 6 heteroatoms. The van der Waals surface area contributed by atoms with Crippen molar-refractivity contribution in [2.75, 3.05) is 5.32 Å². The van der Waals surface area contributed by atoms with Crippen molar-refractivity contribution in [1.82, 2.24) is 14.5 Å². The monoisotopic (exact) mass is 386 g/mol. The van der Waals surface area contributed by atoms with Crippen LogP contribution in [0.1, 0.15) is 5.56 Å². The molecule has 1 N–H and O–H groups in total. The third kappa shape index (κ3) is 3.91. The third-order valence-electron chi connectivity index (χ3n) is 4.67. The van der Waals surface area contributed by atoms with Crippen molar-refractivity contribution in [1.29, 1.82) is 0 Å². The van der Waals surface area contributed by atoms with Crippen LogP contribution in [0.2, 0.25) is 0 Å². The van der Waals surface area contributed by atoms with Crippen LogP contribution in [0.3, 0.4) is 0 Å². The summed E-state index contributed by atoms with van der Waals surface area (Å²) >= 11 is 0. The second-order valence-electron chi connectivity index (χ2n) is 6.61. The zero-order valence-corrected chi connectivity index (χ0v) is 15.8. The molecular weight excluding hydrogens is 367 g/mol. The summed E-state index contributed by atoms with van der Waals surface area (Å²) in [7, 11) is 1.67. The van der Waals surface area contributed by atoms with E-state index in [0.29, 0.717) is 29.3 Å². The van der Waals surface area contributed by atoms with Crippen molar-refractivity contribution in [3.63, 3.8) is 0 Å². The van der Waals surface area contributed by atoms with Crippen LogP contribution in [0.15, 0.2) is 83.9 Å². The Morgan fingerprint density at radius 1 is 0.931 bits per heavy atom. The number of nitrogens with zero attached hydrogens (tertiary/aromatic N) is 3. The van der Waals surface area contributed by atoms with Crippen LogP contribution >= 0.6 is 0 Å². The molecule has 0 saturated heterocycles. The van der Waals surface area contributed by atoms with Gasteiger partial charge in [0.15, 0.2) is 0 Å². The molecule has 2 aromatic heterocycles.